The average Bonchev–Trinajstić information content (AvgIpc) is 3.23. The van der Waals surface area contributed by atoms with Crippen LogP contribution in [0.4, 0.5) is 0 Å². The van der Waals surface area contributed by atoms with Gasteiger partial charge in [-0.1, -0.05) is 42.5 Å². The van der Waals surface area contributed by atoms with E-state index in [-0.39, 0.29) is 24.0 Å². The van der Waals surface area contributed by atoms with Gasteiger partial charge in [-0.05, 0) is 37.1 Å². The summed E-state index contributed by atoms with van der Waals surface area (Å²) in [5.41, 5.74) is 1.86. The number of nitrogens with zero attached hydrogens (tertiary/aromatic N) is 3. The first-order valence-electron chi connectivity index (χ1n) is 10.5. The van der Waals surface area contributed by atoms with Crippen LogP contribution < -0.4 is 15.4 Å². The van der Waals surface area contributed by atoms with Crippen LogP contribution in [0.3, 0.4) is 0 Å². The first kappa shape index (κ1) is 25.7. The summed E-state index contributed by atoms with van der Waals surface area (Å²) in [6.45, 7) is 5.82. The minimum atomic E-state index is -1.06. The largest absolute Gasteiger partial charge is 0.489 e. The summed E-state index contributed by atoms with van der Waals surface area (Å²) in [6.07, 6.45) is 3.49. The third-order valence-electron chi connectivity index (χ3n) is 4.84. The summed E-state index contributed by atoms with van der Waals surface area (Å²) >= 11 is 0. The molecule has 0 aliphatic carbocycles. The summed E-state index contributed by atoms with van der Waals surface area (Å²) < 4.78 is 7.59. The molecule has 3 rings (SSSR count). The Morgan fingerprint density at radius 1 is 1.12 bits per heavy atom. The molecule has 0 bridgehead atoms. The molecule has 0 aliphatic rings. The number of guanidine groups is 1. The van der Waals surface area contributed by atoms with Crippen molar-refractivity contribution in [1.82, 2.24) is 20.4 Å². The standard InChI is InChI=1S/C24H31N5O2.HI/c1-4-25-23(27-18-24(2,30)21-15-28-29(3)16-21)26-14-20-11-8-12-22(13-20)31-17-19-9-6-5-7-10-19;/h5-13,15-16,30H,4,14,17-18H2,1-3H3,(H2,25,26,27);1H. The number of aliphatic imine (C=N–C) groups is 1. The predicted octanol–water partition coefficient (Wildman–Crippen LogP) is 3.58. The number of hydrogen-bond donors (Lipinski definition) is 3. The smallest absolute Gasteiger partial charge is 0.191 e. The van der Waals surface area contributed by atoms with Gasteiger partial charge < -0.3 is 20.5 Å². The third kappa shape index (κ3) is 7.83. The number of aromatic nitrogens is 2. The topological polar surface area (TPSA) is 83.7 Å². The molecule has 1 aromatic heterocycles. The lowest BCUT2D eigenvalue weighted by atomic mass is 10.00. The van der Waals surface area contributed by atoms with E-state index in [4.69, 9.17) is 4.74 Å². The van der Waals surface area contributed by atoms with Gasteiger partial charge in [0.05, 0.1) is 19.3 Å². The minimum Gasteiger partial charge on any atom is -0.489 e. The second kappa shape index (κ2) is 12.4. The first-order valence-corrected chi connectivity index (χ1v) is 10.5. The van der Waals surface area contributed by atoms with Gasteiger partial charge in [0.2, 0.25) is 0 Å². The van der Waals surface area contributed by atoms with E-state index in [1.54, 1.807) is 17.8 Å². The Kier molecular flexibility index (Phi) is 9.98. The average molecular weight is 549 g/mol. The third-order valence-corrected chi connectivity index (χ3v) is 4.84. The van der Waals surface area contributed by atoms with Crippen molar-refractivity contribution in [1.29, 1.82) is 0 Å². The van der Waals surface area contributed by atoms with Crippen LogP contribution in [0.15, 0.2) is 72.0 Å². The van der Waals surface area contributed by atoms with Gasteiger partial charge in [0.1, 0.15) is 18.0 Å². The Balaban J connectivity index is 0.00000363. The molecule has 0 amide bonds. The molecule has 3 aromatic rings. The number of nitrogens with one attached hydrogen (secondary N) is 2. The fourth-order valence-electron chi connectivity index (χ4n) is 3.04. The predicted molar refractivity (Wildman–Crippen MR) is 138 cm³/mol. The van der Waals surface area contributed by atoms with E-state index in [2.05, 4.69) is 20.7 Å². The Morgan fingerprint density at radius 2 is 1.88 bits per heavy atom. The number of aryl methyl sites for hydroxylation is 1. The molecule has 0 radical (unpaired) electrons. The number of benzene rings is 2. The normalized spacial score (nSPS) is 13.1. The van der Waals surface area contributed by atoms with Crippen LogP contribution in [0.2, 0.25) is 0 Å². The zero-order valence-corrected chi connectivity index (χ0v) is 21.1. The number of hydrogen-bond acceptors (Lipinski definition) is 4. The molecule has 0 fully saturated rings. The van der Waals surface area contributed by atoms with Crippen LogP contribution in [-0.4, -0.2) is 33.9 Å². The Hall–Kier alpha value is -2.59. The van der Waals surface area contributed by atoms with E-state index in [1.807, 2.05) is 74.8 Å². The lowest BCUT2D eigenvalue weighted by molar-refractivity contribution is 0.0616. The summed E-state index contributed by atoms with van der Waals surface area (Å²) in [7, 11) is 1.83. The van der Waals surface area contributed by atoms with E-state index in [0.717, 1.165) is 29.0 Å². The molecule has 172 valence electrons. The first-order chi connectivity index (χ1) is 15.0. The summed E-state index contributed by atoms with van der Waals surface area (Å²) in [6, 6.07) is 18.0. The van der Waals surface area contributed by atoms with Crippen molar-refractivity contribution in [2.45, 2.75) is 32.6 Å². The van der Waals surface area contributed by atoms with Crippen molar-refractivity contribution >= 4 is 29.9 Å². The van der Waals surface area contributed by atoms with Crippen LogP contribution >= 0.6 is 24.0 Å². The summed E-state index contributed by atoms with van der Waals surface area (Å²) in [4.78, 5) is 4.65. The quantitative estimate of drug-likeness (QED) is 0.216. The van der Waals surface area contributed by atoms with Crippen LogP contribution in [0.25, 0.3) is 0 Å². The Morgan fingerprint density at radius 3 is 2.56 bits per heavy atom. The summed E-state index contributed by atoms with van der Waals surface area (Å²) in [5, 5.41) is 21.4. The molecule has 0 saturated heterocycles. The molecule has 8 heteroatoms. The van der Waals surface area contributed by atoms with Crippen LogP contribution in [0.1, 0.15) is 30.5 Å². The van der Waals surface area contributed by atoms with E-state index in [9.17, 15) is 5.11 Å². The van der Waals surface area contributed by atoms with Crippen molar-refractivity contribution in [3.05, 3.63) is 83.7 Å². The molecule has 0 aliphatic heterocycles. The Bertz CT molecular complexity index is 989. The molecule has 1 unspecified atom stereocenters. The maximum absolute atomic E-state index is 10.8. The SMILES string of the molecule is CCNC(=NCc1cccc(OCc2ccccc2)c1)NCC(C)(O)c1cnn(C)c1.I. The number of aliphatic hydroxyl groups is 1. The molecule has 1 heterocycles. The van der Waals surface area contributed by atoms with Gasteiger partial charge in [-0.25, -0.2) is 4.99 Å². The van der Waals surface area contributed by atoms with Gasteiger partial charge in [0, 0.05) is 25.4 Å². The lowest BCUT2D eigenvalue weighted by Crippen LogP contribution is -2.44. The zero-order chi connectivity index (χ0) is 22.1. The van der Waals surface area contributed by atoms with Gasteiger partial charge in [0.15, 0.2) is 5.96 Å². The van der Waals surface area contributed by atoms with Gasteiger partial charge in [-0.2, -0.15) is 5.10 Å². The molecule has 0 spiro atoms. The highest BCUT2D eigenvalue weighted by Crippen LogP contribution is 2.19. The minimum absolute atomic E-state index is 0. The molecule has 32 heavy (non-hydrogen) atoms. The Labute approximate surface area is 206 Å². The maximum atomic E-state index is 10.8. The monoisotopic (exact) mass is 549 g/mol. The van der Waals surface area contributed by atoms with Gasteiger partial charge in [0.25, 0.3) is 0 Å². The van der Waals surface area contributed by atoms with Crippen molar-refractivity contribution < 1.29 is 9.84 Å². The molecular weight excluding hydrogens is 517 g/mol. The summed E-state index contributed by atoms with van der Waals surface area (Å²) in [5.74, 6) is 1.45. The van der Waals surface area contributed by atoms with Crippen LogP contribution in [0.5, 0.6) is 5.75 Å². The lowest BCUT2D eigenvalue weighted by Gasteiger charge is -2.23. The zero-order valence-electron chi connectivity index (χ0n) is 18.8. The van der Waals surface area contributed by atoms with Crippen LogP contribution in [0, 0.1) is 0 Å². The molecular formula is C24H32IN5O2. The molecule has 7 nitrogen and oxygen atoms in total. The maximum Gasteiger partial charge on any atom is 0.191 e. The molecule has 0 saturated carbocycles. The van der Waals surface area contributed by atoms with E-state index in [1.165, 1.54) is 0 Å². The fraction of sp³-hybridized carbons (Fsp3) is 0.333. The molecule has 1 atom stereocenters. The van der Waals surface area contributed by atoms with Crippen molar-refractivity contribution in [2.24, 2.45) is 12.0 Å². The van der Waals surface area contributed by atoms with Gasteiger partial charge in [-0.3, -0.25) is 4.68 Å². The highest BCUT2D eigenvalue weighted by molar-refractivity contribution is 14.0. The van der Waals surface area contributed by atoms with Crippen LogP contribution in [-0.2, 0) is 25.8 Å². The van der Waals surface area contributed by atoms with E-state index < -0.39 is 5.60 Å². The van der Waals surface area contributed by atoms with Crippen molar-refractivity contribution in [3.8, 4) is 5.75 Å². The van der Waals surface area contributed by atoms with E-state index >= 15 is 0 Å². The van der Waals surface area contributed by atoms with Crippen molar-refractivity contribution in [2.75, 3.05) is 13.1 Å². The van der Waals surface area contributed by atoms with Gasteiger partial charge >= 0.3 is 0 Å². The number of ether oxygens (including phenoxy) is 1. The van der Waals surface area contributed by atoms with Crippen molar-refractivity contribution in [3.63, 3.8) is 0 Å². The van der Waals surface area contributed by atoms with E-state index in [0.29, 0.717) is 25.7 Å². The van der Waals surface area contributed by atoms with Gasteiger partial charge in [-0.15, -0.1) is 24.0 Å². The number of rotatable bonds is 9. The second-order valence-electron chi connectivity index (χ2n) is 7.65. The highest BCUT2D eigenvalue weighted by Gasteiger charge is 2.24. The second-order valence-corrected chi connectivity index (χ2v) is 7.65. The highest BCUT2D eigenvalue weighted by atomic mass is 127. The number of halogens is 1. The fourth-order valence-corrected chi connectivity index (χ4v) is 3.04. The molecule has 3 N–H and O–H groups in total. The molecule has 2 aromatic carbocycles.